The Kier molecular flexibility index (Phi) is 5.27. The molecule has 8 heteroatoms. The minimum absolute atomic E-state index is 0.303. The summed E-state index contributed by atoms with van der Waals surface area (Å²) in [5.41, 5.74) is 5.76. The lowest BCUT2D eigenvalue weighted by atomic mass is 10.2. The Labute approximate surface area is 151 Å². The summed E-state index contributed by atoms with van der Waals surface area (Å²) in [6.07, 6.45) is 6.38. The predicted octanol–water partition coefficient (Wildman–Crippen LogP) is 2.46. The van der Waals surface area contributed by atoms with Crippen LogP contribution in [-0.4, -0.2) is 35.8 Å². The van der Waals surface area contributed by atoms with Crippen molar-refractivity contribution in [3.8, 4) is 11.5 Å². The van der Waals surface area contributed by atoms with Gasteiger partial charge in [-0.2, -0.15) is 11.8 Å². The van der Waals surface area contributed by atoms with Gasteiger partial charge in [0.05, 0.1) is 0 Å². The molecule has 1 fully saturated rings. The molecule has 3 amide bonds. The number of thioether (sulfide) groups is 1. The molecule has 1 aliphatic heterocycles. The molecule has 0 bridgehead atoms. The summed E-state index contributed by atoms with van der Waals surface area (Å²) in [6.45, 7) is 0. The van der Waals surface area contributed by atoms with E-state index in [1.54, 1.807) is 30.0 Å². The molecule has 1 spiro atoms. The van der Waals surface area contributed by atoms with Gasteiger partial charge in [-0.1, -0.05) is 0 Å². The van der Waals surface area contributed by atoms with E-state index in [1.807, 2.05) is 6.26 Å². The first kappa shape index (κ1) is 17.7. The fourth-order valence-corrected chi connectivity index (χ4v) is 3.67. The maximum absolute atomic E-state index is 12.4. The number of primary amides is 1. The molecule has 0 radical (unpaired) electrons. The highest BCUT2D eigenvalue weighted by atomic mass is 32.2. The van der Waals surface area contributed by atoms with Gasteiger partial charge < -0.3 is 25.8 Å². The lowest BCUT2D eigenvalue weighted by Gasteiger charge is -2.21. The van der Waals surface area contributed by atoms with Crippen LogP contribution in [0, 0.1) is 0 Å². The molecule has 1 aliphatic carbocycles. The molecule has 136 valence electrons. The molecule has 1 saturated carbocycles. The number of amides is 3. The molecule has 4 N–H and O–H groups in total. The van der Waals surface area contributed by atoms with E-state index in [9.17, 15) is 9.59 Å². The van der Waals surface area contributed by atoms with Gasteiger partial charge in [-0.25, -0.2) is 4.79 Å². The van der Waals surface area contributed by atoms with Crippen molar-refractivity contribution < 1.29 is 19.1 Å². The molecule has 2 aliphatic rings. The van der Waals surface area contributed by atoms with Crippen molar-refractivity contribution in [1.29, 1.82) is 0 Å². The number of carbonyl (C=O) groups excluding carboxylic acids is 2. The lowest BCUT2D eigenvalue weighted by molar-refractivity contribution is -0.117. The highest BCUT2D eigenvalue weighted by Crippen LogP contribution is 2.47. The summed E-state index contributed by atoms with van der Waals surface area (Å²) >= 11 is 1.60. The number of nitrogens with two attached hydrogens (primary N) is 1. The summed E-state index contributed by atoms with van der Waals surface area (Å²) in [5.74, 6) is 1.25. The normalized spacial score (nSPS) is 18.1. The first-order chi connectivity index (χ1) is 12.0. The number of hydrogen-bond donors (Lipinski definition) is 3. The molecule has 7 nitrogen and oxygen atoms in total. The quantitative estimate of drug-likeness (QED) is 0.719. The smallest absolute Gasteiger partial charge is 0.312 e. The summed E-state index contributed by atoms with van der Waals surface area (Å²) in [7, 11) is 0. The van der Waals surface area contributed by atoms with Gasteiger partial charge in [-0.15, -0.1) is 0 Å². The summed E-state index contributed by atoms with van der Waals surface area (Å²) < 4.78 is 12.0. The van der Waals surface area contributed by atoms with E-state index in [2.05, 4.69) is 10.6 Å². The third kappa shape index (κ3) is 4.12. The number of anilines is 1. The van der Waals surface area contributed by atoms with Crippen molar-refractivity contribution in [2.24, 2.45) is 5.73 Å². The van der Waals surface area contributed by atoms with Crippen LogP contribution in [0.3, 0.4) is 0 Å². The van der Waals surface area contributed by atoms with E-state index in [1.165, 1.54) is 0 Å². The van der Waals surface area contributed by atoms with Gasteiger partial charge in [0.2, 0.25) is 5.91 Å². The maximum Gasteiger partial charge on any atom is 0.312 e. The fraction of sp³-hybridized carbons (Fsp3) is 0.529. The maximum atomic E-state index is 12.4. The first-order valence-electron chi connectivity index (χ1n) is 8.39. The highest BCUT2D eigenvalue weighted by Gasteiger charge is 2.44. The summed E-state index contributed by atoms with van der Waals surface area (Å²) in [4.78, 5) is 23.6. The number of rotatable bonds is 6. The van der Waals surface area contributed by atoms with Crippen LogP contribution >= 0.6 is 11.8 Å². The molecule has 0 unspecified atom stereocenters. The molecule has 1 aromatic rings. The number of urea groups is 1. The molecule has 25 heavy (non-hydrogen) atoms. The Balaban J connectivity index is 1.66. The van der Waals surface area contributed by atoms with Crippen LogP contribution in [0.2, 0.25) is 0 Å². The summed E-state index contributed by atoms with van der Waals surface area (Å²) in [5, 5.41) is 5.30. The summed E-state index contributed by atoms with van der Waals surface area (Å²) in [6, 6.07) is 3.95. The second-order valence-corrected chi connectivity index (χ2v) is 7.30. The van der Waals surface area contributed by atoms with Crippen LogP contribution in [-0.2, 0) is 4.79 Å². The van der Waals surface area contributed by atoms with E-state index in [0.29, 0.717) is 23.6 Å². The zero-order valence-corrected chi connectivity index (χ0v) is 15.0. The van der Waals surface area contributed by atoms with Crippen molar-refractivity contribution >= 4 is 29.4 Å². The van der Waals surface area contributed by atoms with E-state index in [0.717, 1.165) is 31.4 Å². The van der Waals surface area contributed by atoms with Crippen molar-refractivity contribution in [2.45, 2.75) is 43.9 Å². The Morgan fingerprint density at radius 2 is 2.00 bits per heavy atom. The second-order valence-electron chi connectivity index (χ2n) is 6.32. The first-order valence-corrected chi connectivity index (χ1v) is 9.78. The topological polar surface area (TPSA) is 103 Å². The third-order valence-electron chi connectivity index (χ3n) is 4.41. The minimum atomic E-state index is -0.713. The Morgan fingerprint density at radius 3 is 2.68 bits per heavy atom. The molecule has 0 saturated heterocycles. The Hall–Kier alpha value is -2.09. The fourth-order valence-electron chi connectivity index (χ4n) is 3.19. The average molecular weight is 365 g/mol. The molecule has 1 atom stereocenters. The molecule has 1 aromatic carbocycles. The van der Waals surface area contributed by atoms with E-state index < -0.39 is 17.9 Å². The Bertz CT molecular complexity index is 661. The lowest BCUT2D eigenvalue weighted by Crippen LogP contribution is -2.46. The highest BCUT2D eigenvalue weighted by molar-refractivity contribution is 7.98. The Morgan fingerprint density at radius 1 is 1.28 bits per heavy atom. The molecule has 3 rings (SSSR count). The average Bonchev–Trinajstić information content (AvgIpc) is 3.16. The minimum Gasteiger partial charge on any atom is -0.448 e. The van der Waals surface area contributed by atoms with Crippen LogP contribution in [0.4, 0.5) is 10.5 Å². The van der Waals surface area contributed by atoms with Crippen LogP contribution in [0.15, 0.2) is 18.2 Å². The van der Waals surface area contributed by atoms with E-state index >= 15 is 0 Å². The van der Waals surface area contributed by atoms with Gasteiger partial charge in [0.25, 0.3) is 5.79 Å². The standard InChI is InChI=1S/C17H23N3O4S/c1-25-9-6-12(20-16(18)22)15(21)19-11-4-5-13-14(10-11)24-17(23-13)7-2-3-8-17/h4-5,10,12H,2-3,6-9H2,1H3,(H,19,21)(H3,18,20,22)/t12-/m0/s1. The van der Waals surface area contributed by atoms with Gasteiger partial charge in [0.1, 0.15) is 6.04 Å². The second kappa shape index (κ2) is 7.43. The van der Waals surface area contributed by atoms with Crippen LogP contribution in [0.5, 0.6) is 11.5 Å². The van der Waals surface area contributed by atoms with Crippen molar-refractivity contribution in [1.82, 2.24) is 5.32 Å². The number of hydrogen-bond acceptors (Lipinski definition) is 5. The van der Waals surface area contributed by atoms with Crippen molar-refractivity contribution in [3.63, 3.8) is 0 Å². The number of nitrogens with one attached hydrogen (secondary N) is 2. The zero-order chi connectivity index (χ0) is 17.9. The molecule has 0 aromatic heterocycles. The van der Waals surface area contributed by atoms with Gasteiger partial charge in [-0.05, 0) is 43.4 Å². The number of benzene rings is 1. The van der Waals surface area contributed by atoms with Crippen LogP contribution in [0.25, 0.3) is 0 Å². The van der Waals surface area contributed by atoms with Crippen molar-refractivity contribution in [2.75, 3.05) is 17.3 Å². The predicted molar refractivity (Wildman–Crippen MR) is 97.0 cm³/mol. The van der Waals surface area contributed by atoms with E-state index in [-0.39, 0.29) is 5.91 Å². The van der Waals surface area contributed by atoms with E-state index in [4.69, 9.17) is 15.2 Å². The molecule has 1 heterocycles. The number of carbonyl (C=O) groups is 2. The molecular weight excluding hydrogens is 342 g/mol. The molecular formula is C17H23N3O4S. The monoisotopic (exact) mass is 365 g/mol. The van der Waals surface area contributed by atoms with Gasteiger partial charge in [-0.3, -0.25) is 4.79 Å². The van der Waals surface area contributed by atoms with Gasteiger partial charge in [0, 0.05) is 24.6 Å². The zero-order valence-electron chi connectivity index (χ0n) is 14.2. The number of ether oxygens (including phenoxy) is 2. The van der Waals surface area contributed by atoms with Crippen LogP contribution < -0.4 is 25.8 Å². The van der Waals surface area contributed by atoms with Crippen molar-refractivity contribution in [3.05, 3.63) is 18.2 Å². The van der Waals surface area contributed by atoms with Crippen LogP contribution in [0.1, 0.15) is 32.1 Å². The SMILES string of the molecule is CSCC[C@H](NC(N)=O)C(=O)Nc1ccc2c(c1)OC1(CCCC1)O2. The van der Waals surface area contributed by atoms with Gasteiger partial charge in [0.15, 0.2) is 11.5 Å². The van der Waals surface area contributed by atoms with Gasteiger partial charge >= 0.3 is 6.03 Å². The third-order valence-corrected chi connectivity index (χ3v) is 5.06. The largest absolute Gasteiger partial charge is 0.448 e. The number of fused-ring (bicyclic) bond motifs is 1.